The van der Waals surface area contributed by atoms with Crippen LogP contribution in [0.4, 0.5) is 0 Å². The van der Waals surface area contributed by atoms with Gasteiger partial charge in [-0.1, -0.05) is 30.3 Å². The molecule has 2 aliphatic heterocycles. The Kier molecular flexibility index (Phi) is 3.30. The third-order valence-corrected chi connectivity index (χ3v) is 4.48. The van der Waals surface area contributed by atoms with Crippen LogP contribution in [0.3, 0.4) is 0 Å². The number of aryl methyl sites for hydroxylation is 2. The van der Waals surface area contributed by atoms with E-state index in [1.807, 2.05) is 6.07 Å². The van der Waals surface area contributed by atoms with E-state index in [0.29, 0.717) is 0 Å². The summed E-state index contributed by atoms with van der Waals surface area (Å²) in [4.78, 5) is 0. The molecule has 2 aliphatic rings. The lowest BCUT2D eigenvalue weighted by atomic mass is 9.96. The first-order valence-electron chi connectivity index (χ1n) is 7.90. The summed E-state index contributed by atoms with van der Waals surface area (Å²) in [6.07, 6.45) is 5.77. The third-order valence-electron chi connectivity index (χ3n) is 4.48. The van der Waals surface area contributed by atoms with Crippen LogP contribution in [0.5, 0.6) is 11.5 Å². The highest BCUT2D eigenvalue weighted by Gasteiger charge is 2.22. The Morgan fingerprint density at radius 2 is 1.76 bits per heavy atom. The minimum absolute atomic E-state index is 0.150. The molecule has 0 aliphatic carbocycles. The molecule has 0 radical (unpaired) electrons. The van der Waals surface area contributed by atoms with Crippen molar-refractivity contribution in [3.63, 3.8) is 0 Å². The molecule has 108 valence electrons. The van der Waals surface area contributed by atoms with Crippen LogP contribution < -0.4 is 9.47 Å². The topological polar surface area (TPSA) is 18.5 Å². The molecule has 2 heteroatoms. The minimum Gasteiger partial charge on any atom is -0.493 e. The van der Waals surface area contributed by atoms with Crippen molar-refractivity contribution in [2.75, 3.05) is 6.61 Å². The van der Waals surface area contributed by atoms with Gasteiger partial charge in [-0.25, -0.2) is 0 Å². The maximum atomic E-state index is 6.18. The number of fused-ring (bicyclic) bond motifs is 2. The zero-order chi connectivity index (χ0) is 14.1. The molecule has 21 heavy (non-hydrogen) atoms. The SMILES string of the molecule is c1ccc2c(c1)CCC(c1ccc3c(c1)OCCCC3)O2. The number of hydrogen-bond acceptors (Lipinski definition) is 2. The van der Waals surface area contributed by atoms with Crippen molar-refractivity contribution in [1.29, 1.82) is 0 Å². The van der Waals surface area contributed by atoms with E-state index in [1.165, 1.54) is 23.1 Å². The molecule has 0 aromatic heterocycles. The summed E-state index contributed by atoms with van der Waals surface area (Å²) in [5, 5.41) is 0. The lowest BCUT2D eigenvalue weighted by Gasteiger charge is -2.26. The maximum absolute atomic E-state index is 6.18. The maximum Gasteiger partial charge on any atom is 0.124 e. The van der Waals surface area contributed by atoms with Crippen molar-refractivity contribution in [1.82, 2.24) is 0 Å². The van der Waals surface area contributed by atoms with Gasteiger partial charge in [-0.05, 0) is 60.9 Å². The molecular weight excluding hydrogens is 260 g/mol. The van der Waals surface area contributed by atoms with E-state index in [9.17, 15) is 0 Å². The fraction of sp³-hybridized carbons (Fsp3) is 0.368. The first-order chi connectivity index (χ1) is 10.4. The summed E-state index contributed by atoms with van der Waals surface area (Å²) >= 11 is 0. The van der Waals surface area contributed by atoms with Crippen LogP contribution >= 0.6 is 0 Å². The summed E-state index contributed by atoms with van der Waals surface area (Å²) in [5.74, 6) is 2.09. The third kappa shape index (κ3) is 2.51. The molecule has 2 heterocycles. The number of hydrogen-bond donors (Lipinski definition) is 0. The molecule has 0 saturated heterocycles. The number of ether oxygens (including phenoxy) is 2. The number of para-hydroxylation sites is 1. The highest BCUT2D eigenvalue weighted by molar-refractivity contribution is 5.41. The van der Waals surface area contributed by atoms with Crippen LogP contribution in [0.15, 0.2) is 42.5 Å². The Morgan fingerprint density at radius 3 is 2.76 bits per heavy atom. The quantitative estimate of drug-likeness (QED) is 0.767. The van der Waals surface area contributed by atoms with Crippen molar-refractivity contribution in [2.24, 2.45) is 0 Å². The van der Waals surface area contributed by atoms with Crippen molar-refractivity contribution >= 4 is 0 Å². The first kappa shape index (κ1) is 12.8. The lowest BCUT2D eigenvalue weighted by Crippen LogP contribution is -2.15. The van der Waals surface area contributed by atoms with Crippen LogP contribution in [0, 0.1) is 0 Å². The highest BCUT2D eigenvalue weighted by Crippen LogP contribution is 2.36. The van der Waals surface area contributed by atoms with Gasteiger partial charge in [-0.3, -0.25) is 0 Å². The molecule has 0 amide bonds. The zero-order valence-electron chi connectivity index (χ0n) is 12.2. The summed E-state index contributed by atoms with van der Waals surface area (Å²) in [6, 6.07) is 15.0. The summed E-state index contributed by atoms with van der Waals surface area (Å²) in [5.41, 5.74) is 3.90. The molecule has 2 aromatic rings. The second-order valence-electron chi connectivity index (χ2n) is 5.93. The average Bonchev–Trinajstić information content (AvgIpc) is 2.79. The zero-order valence-corrected chi connectivity index (χ0v) is 12.2. The van der Waals surface area contributed by atoms with Crippen LogP contribution in [0.25, 0.3) is 0 Å². The van der Waals surface area contributed by atoms with E-state index in [2.05, 4.69) is 36.4 Å². The van der Waals surface area contributed by atoms with Gasteiger partial charge in [0.25, 0.3) is 0 Å². The minimum atomic E-state index is 0.150. The van der Waals surface area contributed by atoms with E-state index in [-0.39, 0.29) is 6.10 Å². The smallest absolute Gasteiger partial charge is 0.124 e. The molecule has 0 N–H and O–H groups in total. The second-order valence-corrected chi connectivity index (χ2v) is 5.93. The van der Waals surface area contributed by atoms with Gasteiger partial charge in [-0.15, -0.1) is 0 Å². The van der Waals surface area contributed by atoms with Crippen LogP contribution in [0.2, 0.25) is 0 Å². The van der Waals surface area contributed by atoms with Crippen molar-refractivity contribution in [3.8, 4) is 11.5 Å². The fourth-order valence-corrected chi connectivity index (χ4v) is 3.27. The van der Waals surface area contributed by atoms with Gasteiger partial charge in [0.1, 0.15) is 17.6 Å². The van der Waals surface area contributed by atoms with Crippen molar-refractivity contribution < 1.29 is 9.47 Å². The first-order valence-corrected chi connectivity index (χ1v) is 7.90. The average molecular weight is 280 g/mol. The fourth-order valence-electron chi connectivity index (χ4n) is 3.27. The summed E-state index contributed by atoms with van der Waals surface area (Å²) in [7, 11) is 0. The van der Waals surface area contributed by atoms with E-state index >= 15 is 0 Å². The molecule has 4 rings (SSSR count). The molecule has 1 unspecified atom stereocenters. The predicted molar refractivity (Wildman–Crippen MR) is 83.0 cm³/mol. The summed E-state index contributed by atoms with van der Waals surface area (Å²) < 4.78 is 12.1. The van der Waals surface area contributed by atoms with Gasteiger partial charge < -0.3 is 9.47 Å². The largest absolute Gasteiger partial charge is 0.493 e. The van der Waals surface area contributed by atoms with Crippen LogP contribution in [-0.4, -0.2) is 6.61 Å². The molecular formula is C19H20O2. The molecule has 2 nitrogen and oxygen atoms in total. The van der Waals surface area contributed by atoms with E-state index in [0.717, 1.165) is 43.8 Å². The Bertz CT molecular complexity index is 648. The van der Waals surface area contributed by atoms with Crippen LogP contribution in [-0.2, 0) is 12.8 Å². The van der Waals surface area contributed by atoms with E-state index < -0.39 is 0 Å². The van der Waals surface area contributed by atoms with Gasteiger partial charge in [0.05, 0.1) is 6.61 Å². The second kappa shape index (κ2) is 5.44. The monoisotopic (exact) mass is 280 g/mol. The van der Waals surface area contributed by atoms with E-state index in [1.54, 1.807) is 0 Å². The molecule has 2 aromatic carbocycles. The molecule has 0 spiro atoms. The Hall–Kier alpha value is -1.96. The number of benzene rings is 2. The van der Waals surface area contributed by atoms with Gasteiger partial charge in [0, 0.05) is 0 Å². The highest BCUT2D eigenvalue weighted by atomic mass is 16.5. The number of rotatable bonds is 1. The summed E-state index contributed by atoms with van der Waals surface area (Å²) in [6.45, 7) is 0.838. The van der Waals surface area contributed by atoms with E-state index in [4.69, 9.17) is 9.47 Å². The Labute approximate surface area is 125 Å². The lowest BCUT2D eigenvalue weighted by molar-refractivity contribution is 0.176. The van der Waals surface area contributed by atoms with Crippen molar-refractivity contribution in [2.45, 2.75) is 38.2 Å². The van der Waals surface area contributed by atoms with Gasteiger partial charge in [-0.2, -0.15) is 0 Å². The van der Waals surface area contributed by atoms with Crippen molar-refractivity contribution in [3.05, 3.63) is 59.2 Å². The normalized spacial score (nSPS) is 20.5. The standard InChI is InChI=1S/C19H20O2/c1-2-7-17-14(5-1)10-11-18(21-17)16-9-8-15-6-3-4-12-20-19(15)13-16/h1-2,5,7-9,13,18H,3-4,6,10-12H2. The van der Waals surface area contributed by atoms with Gasteiger partial charge >= 0.3 is 0 Å². The molecule has 0 fully saturated rings. The van der Waals surface area contributed by atoms with Gasteiger partial charge in [0.2, 0.25) is 0 Å². The Morgan fingerprint density at radius 1 is 0.857 bits per heavy atom. The predicted octanol–water partition coefficient (Wildman–Crippen LogP) is 4.47. The Balaban J connectivity index is 1.61. The van der Waals surface area contributed by atoms with Gasteiger partial charge in [0.15, 0.2) is 0 Å². The van der Waals surface area contributed by atoms with Crippen LogP contribution in [0.1, 0.15) is 42.1 Å². The molecule has 0 saturated carbocycles. The molecule has 1 atom stereocenters. The molecule has 0 bridgehead atoms.